The topological polar surface area (TPSA) is 20.3 Å². The minimum Gasteiger partial charge on any atom is -0.343 e. The van der Waals surface area contributed by atoms with Crippen molar-refractivity contribution in [3.05, 3.63) is 0 Å². The third-order valence-corrected chi connectivity index (χ3v) is 2.75. The Kier molecular flexibility index (Phi) is 5.21. The van der Waals surface area contributed by atoms with Gasteiger partial charge >= 0.3 is 0 Å². The minimum atomic E-state index is 0.340. The summed E-state index contributed by atoms with van der Waals surface area (Å²) >= 11 is 5.55. The summed E-state index contributed by atoms with van der Waals surface area (Å²) < 4.78 is 0. The molecule has 13 heavy (non-hydrogen) atoms. The molecular formula is C10H18ClNO. The predicted octanol–water partition coefficient (Wildman–Crippen LogP) is 2.41. The SMILES string of the molecule is O=C(CCCCCCl)N1CCCC1. The maximum Gasteiger partial charge on any atom is 0.222 e. The van der Waals surface area contributed by atoms with E-state index in [1.807, 2.05) is 4.90 Å². The highest BCUT2D eigenvalue weighted by Gasteiger charge is 2.16. The highest BCUT2D eigenvalue weighted by molar-refractivity contribution is 6.17. The molecule has 0 N–H and O–H groups in total. The van der Waals surface area contributed by atoms with Crippen LogP contribution in [-0.4, -0.2) is 29.8 Å². The fourth-order valence-corrected chi connectivity index (χ4v) is 1.86. The first kappa shape index (κ1) is 10.8. The molecule has 1 amide bonds. The van der Waals surface area contributed by atoms with Gasteiger partial charge in [-0.05, 0) is 25.7 Å². The molecule has 1 aliphatic rings. The van der Waals surface area contributed by atoms with Gasteiger partial charge in [0.15, 0.2) is 0 Å². The van der Waals surface area contributed by atoms with Gasteiger partial charge in [0.1, 0.15) is 0 Å². The summed E-state index contributed by atoms with van der Waals surface area (Å²) in [5.74, 6) is 1.06. The zero-order valence-corrected chi connectivity index (χ0v) is 8.85. The van der Waals surface area contributed by atoms with Crippen LogP contribution in [0.15, 0.2) is 0 Å². The van der Waals surface area contributed by atoms with Gasteiger partial charge in [0, 0.05) is 25.4 Å². The third kappa shape index (κ3) is 3.99. The van der Waals surface area contributed by atoms with Crippen LogP contribution in [-0.2, 0) is 4.79 Å². The molecule has 2 nitrogen and oxygen atoms in total. The Balaban J connectivity index is 2.03. The van der Waals surface area contributed by atoms with Gasteiger partial charge in [-0.1, -0.05) is 6.42 Å². The average Bonchev–Trinajstić information content (AvgIpc) is 2.65. The number of unbranched alkanes of at least 4 members (excludes halogenated alkanes) is 2. The van der Waals surface area contributed by atoms with Gasteiger partial charge in [0.2, 0.25) is 5.91 Å². The summed E-state index contributed by atoms with van der Waals surface area (Å²) in [6.07, 6.45) is 6.22. The lowest BCUT2D eigenvalue weighted by Crippen LogP contribution is -2.27. The van der Waals surface area contributed by atoms with E-state index < -0.39 is 0 Å². The molecule has 0 radical (unpaired) electrons. The molecule has 0 atom stereocenters. The van der Waals surface area contributed by atoms with E-state index in [4.69, 9.17) is 11.6 Å². The molecule has 0 aliphatic carbocycles. The van der Waals surface area contributed by atoms with Crippen molar-refractivity contribution in [3.63, 3.8) is 0 Å². The van der Waals surface area contributed by atoms with E-state index in [-0.39, 0.29) is 0 Å². The van der Waals surface area contributed by atoms with Crippen LogP contribution in [0.1, 0.15) is 38.5 Å². The van der Waals surface area contributed by atoms with Crippen molar-refractivity contribution in [3.8, 4) is 0 Å². The lowest BCUT2D eigenvalue weighted by molar-refractivity contribution is -0.130. The molecule has 0 unspecified atom stereocenters. The molecule has 1 aliphatic heterocycles. The molecule has 0 aromatic heterocycles. The molecule has 0 aromatic carbocycles. The molecule has 0 spiro atoms. The molecule has 1 fully saturated rings. The number of hydrogen-bond donors (Lipinski definition) is 0. The van der Waals surface area contributed by atoms with Crippen LogP contribution >= 0.6 is 11.6 Å². The number of carbonyl (C=O) groups is 1. The first-order valence-electron chi connectivity index (χ1n) is 5.18. The van der Waals surface area contributed by atoms with E-state index in [1.165, 1.54) is 12.8 Å². The van der Waals surface area contributed by atoms with Crippen molar-refractivity contribution in [1.82, 2.24) is 4.90 Å². The lowest BCUT2D eigenvalue weighted by atomic mass is 10.2. The Morgan fingerprint density at radius 2 is 1.85 bits per heavy atom. The second-order valence-electron chi connectivity index (χ2n) is 3.59. The second kappa shape index (κ2) is 6.25. The van der Waals surface area contributed by atoms with E-state index in [0.717, 1.165) is 44.7 Å². The first-order valence-corrected chi connectivity index (χ1v) is 5.72. The van der Waals surface area contributed by atoms with Crippen LogP contribution in [0.2, 0.25) is 0 Å². The van der Waals surface area contributed by atoms with Gasteiger partial charge < -0.3 is 4.90 Å². The van der Waals surface area contributed by atoms with Gasteiger partial charge in [0.25, 0.3) is 0 Å². The van der Waals surface area contributed by atoms with Crippen LogP contribution in [0.3, 0.4) is 0 Å². The smallest absolute Gasteiger partial charge is 0.222 e. The number of likely N-dealkylation sites (tertiary alicyclic amines) is 1. The van der Waals surface area contributed by atoms with E-state index >= 15 is 0 Å². The van der Waals surface area contributed by atoms with Crippen molar-refractivity contribution in [2.45, 2.75) is 38.5 Å². The molecule has 1 rings (SSSR count). The van der Waals surface area contributed by atoms with Crippen LogP contribution < -0.4 is 0 Å². The Bertz CT molecular complexity index is 155. The number of hydrogen-bond acceptors (Lipinski definition) is 1. The van der Waals surface area contributed by atoms with E-state index in [2.05, 4.69) is 0 Å². The Morgan fingerprint density at radius 3 is 2.46 bits per heavy atom. The molecule has 76 valence electrons. The van der Waals surface area contributed by atoms with Gasteiger partial charge in [-0.25, -0.2) is 0 Å². The van der Waals surface area contributed by atoms with Crippen molar-refractivity contribution >= 4 is 17.5 Å². The van der Waals surface area contributed by atoms with Crippen LogP contribution in [0.5, 0.6) is 0 Å². The minimum absolute atomic E-state index is 0.340. The largest absolute Gasteiger partial charge is 0.343 e. The zero-order chi connectivity index (χ0) is 9.52. The normalized spacial score (nSPS) is 16.5. The van der Waals surface area contributed by atoms with Crippen molar-refractivity contribution in [2.24, 2.45) is 0 Å². The molecule has 0 aromatic rings. The lowest BCUT2D eigenvalue weighted by Gasteiger charge is -2.14. The van der Waals surface area contributed by atoms with Crippen molar-refractivity contribution in [1.29, 1.82) is 0 Å². The van der Waals surface area contributed by atoms with E-state index in [0.29, 0.717) is 5.91 Å². The zero-order valence-electron chi connectivity index (χ0n) is 8.10. The molecule has 0 bridgehead atoms. The number of amides is 1. The standard InChI is InChI=1S/C10H18ClNO/c11-7-3-1-2-6-10(13)12-8-4-5-9-12/h1-9H2. The Labute approximate surface area is 85.2 Å². The summed E-state index contributed by atoms with van der Waals surface area (Å²) in [6.45, 7) is 1.96. The van der Waals surface area contributed by atoms with Crippen molar-refractivity contribution in [2.75, 3.05) is 19.0 Å². The van der Waals surface area contributed by atoms with Gasteiger partial charge in [-0.15, -0.1) is 11.6 Å². The molecular weight excluding hydrogens is 186 g/mol. The number of rotatable bonds is 5. The van der Waals surface area contributed by atoms with Crippen molar-refractivity contribution < 1.29 is 4.79 Å². The van der Waals surface area contributed by atoms with Crippen LogP contribution in [0.25, 0.3) is 0 Å². The Hall–Kier alpha value is -0.240. The highest BCUT2D eigenvalue weighted by Crippen LogP contribution is 2.11. The highest BCUT2D eigenvalue weighted by atomic mass is 35.5. The average molecular weight is 204 g/mol. The number of nitrogens with zero attached hydrogens (tertiary/aromatic N) is 1. The number of halogens is 1. The summed E-state index contributed by atoms with van der Waals surface area (Å²) in [6, 6.07) is 0. The number of alkyl halides is 1. The maximum atomic E-state index is 11.5. The molecule has 1 heterocycles. The Morgan fingerprint density at radius 1 is 1.15 bits per heavy atom. The molecule has 1 saturated heterocycles. The van der Waals surface area contributed by atoms with Gasteiger partial charge in [-0.2, -0.15) is 0 Å². The fraction of sp³-hybridized carbons (Fsp3) is 0.900. The predicted molar refractivity (Wildman–Crippen MR) is 55.0 cm³/mol. The van der Waals surface area contributed by atoms with E-state index in [1.54, 1.807) is 0 Å². The summed E-state index contributed by atoms with van der Waals surface area (Å²) in [7, 11) is 0. The first-order chi connectivity index (χ1) is 6.34. The third-order valence-electron chi connectivity index (χ3n) is 2.48. The van der Waals surface area contributed by atoms with Crippen LogP contribution in [0, 0.1) is 0 Å². The maximum absolute atomic E-state index is 11.5. The van der Waals surface area contributed by atoms with Crippen LogP contribution in [0.4, 0.5) is 0 Å². The molecule has 0 saturated carbocycles. The summed E-state index contributed by atoms with van der Waals surface area (Å²) in [5, 5.41) is 0. The monoisotopic (exact) mass is 203 g/mol. The quantitative estimate of drug-likeness (QED) is 0.497. The molecule has 3 heteroatoms. The summed E-state index contributed by atoms with van der Waals surface area (Å²) in [4.78, 5) is 13.5. The summed E-state index contributed by atoms with van der Waals surface area (Å²) in [5.41, 5.74) is 0. The van der Waals surface area contributed by atoms with Gasteiger partial charge in [0.05, 0.1) is 0 Å². The fourth-order valence-electron chi connectivity index (χ4n) is 1.67. The second-order valence-corrected chi connectivity index (χ2v) is 3.97. The van der Waals surface area contributed by atoms with Gasteiger partial charge in [-0.3, -0.25) is 4.79 Å². The van der Waals surface area contributed by atoms with E-state index in [9.17, 15) is 4.79 Å². The number of carbonyl (C=O) groups excluding carboxylic acids is 1.